The zero-order valence-electron chi connectivity index (χ0n) is 13.8. The zero-order chi connectivity index (χ0) is 16.2. The molecular weight excluding hydrogens is 282 g/mol. The average Bonchev–Trinajstić information content (AvgIpc) is 3.04. The van der Waals surface area contributed by atoms with Crippen LogP contribution in [0.5, 0.6) is 0 Å². The second kappa shape index (κ2) is 10.9. The van der Waals surface area contributed by atoms with E-state index < -0.39 is 0 Å². The number of hydrogen-bond acceptors (Lipinski definition) is 3. The van der Waals surface area contributed by atoms with Crippen LogP contribution in [0.1, 0.15) is 39.5 Å². The first-order chi connectivity index (χ1) is 10.7. The molecule has 0 bridgehead atoms. The highest BCUT2D eigenvalue weighted by atomic mass is 16.2. The highest BCUT2D eigenvalue weighted by Crippen LogP contribution is 2.07. The summed E-state index contributed by atoms with van der Waals surface area (Å²) in [7, 11) is 0. The molecule has 2 amide bonds. The Morgan fingerprint density at radius 3 is 2.41 bits per heavy atom. The molecule has 7 nitrogen and oxygen atoms in total. The van der Waals surface area contributed by atoms with Crippen molar-refractivity contribution >= 4 is 17.8 Å². The van der Waals surface area contributed by atoms with Crippen molar-refractivity contribution in [2.75, 3.05) is 39.3 Å². The van der Waals surface area contributed by atoms with E-state index in [-0.39, 0.29) is 18.4 Å². The lowest BCUT2D eigenvalue weighted by Crippen LogP contribution is -2.40. The molecule has 0 aromatic heterocycles. The maximum absolute atomic E-state index is 12.0. The number of carbonyl (C=O) groups is 2. The first-order valence-corrected chi connectivity index (χ1v) is 8.24. The van der Waals surface area contributed by atoms with Gasteiger partial charge in [0.1, 0.15) is 6.54 Å². The maximum atomic E-state index is 12.0. The van der Waals surface area contributed by atoms with Crippen LogP contribution in [0.15, 0.2) is 4.99 Å². The van der Waals surface area contributed by atoms with Crippen LogP contribution in [0, 0.1) is 0 Å². The molecule has 0 aromatic carbocycles. The van der Waals surface area contributed by atoms with Gasteiger partial charge in [0, 0.05) is 39.1 Å². The number of rotatable bonds is 8. The summed E-state index contributed by atoms with van der Waals surface area (Å²) in [6.07, 6.45) is 3.49. The zero-order valence-corrected chi connectivity index (χ0v) is 13.8. The fraction of sp³-hybridized carbons (Fsp3) is 0.800. The SMILES string of the molecule is CCCNC(=O)CCNC(=NCC(=O)N1CCCC1)NCC. The van der Waals surface area contributed by atoms with E-state index in [1.54, 1.807) is 0 Å². The Labute approximate surface area is 132 Å². The third kappa shape index (κ3) is 7.28. The van der Waals surface area contributed by atoms with Gasteiger partial charge in [0.25, 0.3) is 0 Å². The van der Waals surface area contributed by atoms with Crippen LogP contribution in [0.2, 0.25) is 0 Å². The van der Waals surface area contributed by atoms with Crippen molar-refractivity contribution in [2.24, 2.45) is 4.99 Å². The smallest absolute Gasteiger partial charge is 0.244 e. The number of likely N-dealkylation sites (tertiary alicyclic amines) is 1. The Bertz CT molecular complexity index is 378. The van der Waals surface area contributed by atoms with Gasteiger partial charge in [-0.15, -0.1) is 0 Å². The van der Waals surface area contributed by atoms with Crippen LogP contribution in [0.3, 0.4) is 0 Å². The minimum atomic E-state index is 0.0262. The monoisotopic (exact) mass is 311 g/mol. The highest BCUT2D eigenvalue weighted by Gasteiger charge is 2.17. The number of aliphatic imine (C=N–C) groups is 1. The van der Waals surface area contributed by atoms with Crippen molar-refractivity contribution in [1.82, 2.24) is 20.9 Å². The van der Waals surface area contributed by atoms with E-state index >= 15 is 0 Å². The third-order valence-electron chi connectivity index (χ3n) is 3.39. The minimum absolute atomic E-state index is 0.0262. The summed E-state index contributed by atoms with van der Waals surface area (Å²) >= 11 is 0. The van der Waals surface area contributed by atoms with Gasteiger partial charge in [-0.05, 0) is 26.2 Å². The van der Waals surface area contributed by atoms with Crippen molar-refractivity contribution in [1.29, 1.82) is 0 Å². The first kappa shape index (κ1) is 18.3. The van der Waals surface area contributed by atoms with Crippen LogP contribution in [0.4, 0.5) is 0 Å². The molecule has 126 valence electrons. The largest absolute Gasteiger partial charge is 0.357 e. The molecule has 1 fully saturated rings. The van der Waals surface area contributed by atoms with E-state index in [2.05, 4.69) is 20.9 Å². The number of carbonyl (C=O) groups excluding carboxylic acids is 2. The Morgan fingerprint density at radius 1 is 1.05 bits per heavy atom. The lowest BCUT2D eigenvalue weighted by molar-refractivity contribution is -0.128. The highest BCUT2D eigenvalue weighted by molar-refractivity contribution is 5.85. The second-order valence-corrected chi connectivity index (χ2v) is 5.31. The standard InChI is InChI=1S/C15H29N5O2/c1-3-8-17-13(21)7-9-18-15(16-4-2)19-12-14(22)20-10-5-6-11-20/h3-12H2,1-2H3,(H,17,21)(H2,16,18,19). The summed E-state index contributed by atoms with van der Waals surface area (Å²) < 4.78 is 0. The Hall–Kier alpha value is -1.79. The van der Waals surface area contributed by atoms with Gasteiger partial charge in [-0.1, -0.05) is 6.92 Å². The summed E-state index contributed by atoms with van der Waals surface area (Å²) in [5, 5.41) is 8.99. The summed E-state index contributed by atoms with van der Waals surface area (Å²) in [6, 6.07) is 0. The van der Waals surface area contributed by atoms with Gasteiger partial charge in [-0.2, -0.15) is 0 Å². The molecule has 22 heavy (non-hydrogen) atoms. The fourth-order valence-corrected chi connectivity index (χ4v) is 2.20. The fourth-order valence-electron chi connectivity index (χ4n) is 2.20. The molecule has 0 radical (unpaired) electrons. The number of amides is 2. The van der Waals surface area contributed by atoms with Crippen molar-refractivity contribution in [2.45, 2.75) is 39.5 Å². The van der Waals surface area contributed by atoms with Gasteiger partial charge < -0.3 is 20.9 Å². The lowest BCUT2D eigenvalue weighted by Gasteiger charge is -2.15. The molecule has 1 heterocycles. The topological polar surface area (TPSA) is 85.8 Å². The van der Waals surface area contributed by atoms with Crippen molar-refractivity contribution in [3.8, 4) is 0 Å². The lowest BCUT2D eigenvalue weighted by atomic mass is 10.4. The molecule has 1 rings (SSSR count). The van der Waals surface area contributed by atoms with E-state index in [4.69, 9.17) is 0 Å². The van der Waals surface area contributed by atoms with Gasteiger partial charge in [0.05, 0.1) is 0 Å². The molecule has 0 unspecified atom stereocenters. The number of nitrogens with one attached hydrogen (secondary N) is 3. The molecule has 1 aliphatic heterocycles. The summed E-state index contributed by atoms with van der Waals surface area (Å²) in [4.78, 5) is 29.6. The van der Waals surface area contributed by atoms with Crippen molar-refractivity contribution < 1.29 is 9.59 Å². The van der Waals surface area contributed by atoms with Crippen molar-refractivity contribution in [3.05, 3.63) is 0 Å². The molecule has 0 spiro atoms. The number of guanidine groups is 1. The molecule has 1 aliphatic rings. The van der Waals surface area contributed by atoms with E-state index in [1.165, 1.54) is 0 Å². The molecule has 1 saturated heterocycles. The van der Waals surface area contributed by atoms with E-state index in [9.17, 15) is 9.59 Å². The Morgan fingerprint density at radius 2 is 1.77 bits per heavy atom. The predicted octanol–water partition coefficient (Wildman–Crippen LogP) is 0.0802. The van der Waals surface area contributed by atoms with Gasteiger partial charge in [-0.3, -0.25) is 9.59 Å². The van der Waals surface area contributed by atoms with E-state index in [1.807, 2.05) is 18.7 Å². The number of nitrogens with zero attached hydrogens (tertiary/aromatic N) is 2. The second-order valence-electron chi connectivity index (χ2n) is 5.31. The van der Waals surface area contributed by atoms with Gasteiger partial charge in [-0.25, -0.2) is 4.99 Å². The summed E-state index contributed by atoms with van der Waals surface area (Å²) in [6.45, 7) is 7.74. The predicted molar refractivity (Wildman–Crippen MR) is 87.7 cm³/mol. The number of hydrogen-bond donors (Lipinski definition) is 3. The third-order valence-corrected chi connectivity index (χ3v) is 3.39. The Balaban J connectivity index is 2.31. The Kier molecular flexibility index (Phi) is 9.02. The van der Waals surface area contributed by atoms with Crippen LogP contribution in [0.25, 0.3) is 0 Å². The normalized spacial score (nSPS) is 14.8. The van der Waals surface area contributed by atoms with Gasteiger partial charge in [0.15, 0.2) is 5.96 Å². The van der Waals surface area contributed by atoms with Crippen molar-refractivity contribution in [3.63, 3.8) is 0 Å². The van der Waals surface area contributed by atoms with Crippen LogP contribution in [-0.2, 0) is 9.59 Å². The van der Waals surface area contributed by atoms with Crippen LogP contribution < -0.4 is 16.0 Å². The van der Waals surface area contributed by atoms with E-state index in [0.29, 0.717) is 32.0 Å². The first-order valence-electron chi connectivity index (χ1n) is 8.24. The van der Waals surface area contributed by atoms with E-state index in [0.717, 1.165) is 32.4 Å². The summed E-state index contributed by atoms with van der Waals surface area (Å²) in [5.74, 6) is 0.673. The minimum Gasteiger partial charge on any atom is -0.357 e. The molecule has 0 atom stereocenters. The van der Waals surface area contributed by atoms with Crippen LogP contribution in [-0.4, -0.2) is 61.9 Å². The molecule has 0 aliphatic carbocycles. The average molecular weight is 311 g/mol. The van der Waals surface area contributed by atoms with Gasteiger partial charge >= 0.3 is 0 Å². The quantitative estimate of drug-likeness (QED) is 0.438. The molecule has 3 N–H and O–H groups in total. The van der Waals surface area contributed by atoms with Crippen LogP contribution >= 0.6 is 0 Å². The molecule has 7 heteroatoms. The maximum Gasteiger partial charge on any atom is 0.244 e. The molecule has 0 aromatic rings. The molecular formula is C15H29N5O2. The van der Waals surface area contributed by atoms with Gasteiger partial charge in [0.2, 0.25) is 11.8 Å². The molecule has 0 saturated carbocycles. The summed E-state index contributed by atoms with van der Waals surface area (Å²) in [5.41, 5.74) is 0.